The molecule has 1 atom stereocenters. The van der Waals surface area contributed by atoms with Gasteiger partial charge < -0.3 is 9.84 Å². The number of hydrogen-bond donors (Lipinski definition) is 1. The molecule has 0 amide bonds. The zero-order valence-corrected chi connectivity index (χ0v) is 11.5. The third-order valence-electron chi connectivity index (χ3n) is 3.04. The third kappa shape index (κ3) is 5.00. The maximum Gasteiger partial charge on any atom is 0.0824 e. The lowest BCUT2D eigenvalue weighted by Crippen LogP contribution is -1.96. The van der Waals surface area contributed by atoms with Crippen LogP contribution in [-0.2, 0) is 11.3 Å². The summed E-state index contributed by atoms with van der Waals surface area (Å²) in [5.41, 5.74) is 2.12. The number of benzene rings is 2. The van der Waals surface area contributed by atoms with Crippen molar-refractivity contribution >= 4 is 0 Å². The van der Waals surface area contributed by atoms with Crippen molar-refractivity contribution in [2.75, 3.05) is 6.61 Å². The highest BCUT2D eigenvalue weighted by Crippen LogP contribution is 2.16. The first-order chi connectivity index (χ1) is 9.86. The molecule has 0 aliphatic heterocycles. The minimum atomic E-state index is -0.443. The highest BCUT2D eigenvalue weighted by Gasteiger charge is 2.03. The van der Waals surface area contributed by atoms with E-state index in [-0.39, 0.29) is 0 Å². The van der Waals surface area contributed by atoms with Crippen LogP contribution in [0.4, 0.5) is 0 Å². The quantitative estimate of drug-likeness (QED) is 0.610. The van der Waals surface area contributed by atoms with Crippen LogP contribution in [0.1, 0.15) is 23.7 Å². The van der Waals surface area contributed by atoms with Crippen molar-refractivity contribution in [3.63, 3.8) is 0 Å². The molecule has 0 aliphatic rings. The van der Waals surface area contributed by atoms with Gasteiger partial charge in [0.25, 0.3) is 0 Å². The first-order valence-corrected chi connectivity index (χ1v) is 6.86. The van der Waals surface area contributed by atoms with Crippen LogP contribution in [0.25, 0.3) is 0 Å². The van der Waals surface area contributed by atoms with Gasteiger partial charge in [-0.05, 0) is 17.5 Å². The Bertz CT molecular complexity index is 505. The van der Waals surface area contributed by atoms with E-state index in [2.05, 4.69) is 0 Å². The fourth-order valence-electron chi connectivity index (χ4n) is 1.92. The monoisotopic (exact) mass is 268 g/mol. The lowest BCUT2D eigenvalue weighted by Gasteiger charge is -2.07. The minimum absolute atomic E-state index is 0.443. The number of aliphatic hydroxyl groups excluding tert-OH is 1. The number of hydrogen-bond acceptors (Lipinski definition) is 2. The molecule has 0 aromatic heterocycles. The maximum absolute atomic E-state index is 9.96. The maximum atomic E-state index is 9.96. The SMILES string of the molecule is O[C@@H](C/C=C\COCc1ccccc1)c1ccccc1. The highest BCUT2D eigenvalue weighted by molar-refractivity contribution is 5.18. The van der Waals surface area contributed by atoms with E-state index in [1.807, 2.05) is 72.8 Å². The molecule has 0 saturated heterocycles. The van der Waals surface area contributed by atoms with Crippen molar-refractivity contribution in [3.05, 3.63) is 83.9 Å². The minimum Gasteiger partial charge on any atom is -0.388 e. The standard InChI is InChI=1S/C18H20O2/c19-18(17-11-5-2-6-12-17)13-7-8-14-20-15-16-9-3-1-4-10-16/h1-12,18-19H,13-15H2/b8-7-/t18-/m0/s1. The molecule has 0 spiro atoms. The number of rotatable bonds is 7. The van der Waals surface area contributed by atoms with Gasteiger partial charge in [-0.1, -0.05) is 72.8 Å². The fraction of sp³-hybridized carbons (Fsp3) is 0.222. The van der Waals surface area contributed by atoms with Crippen molar-refractivity contribution in [2.24, 2.45) is 0 Å². The molecule has 0 radical (unpaired) electrons. The smallest absolute Gasteiger partial charge is 0.0824 e. The van der Waals surface area contributed by atoms with Crippen LogP contribution in [0.5, 0.6) is 0 Å². The topological polar surface area (TPSA) is 29.5 Å². The van der Waals surface area contributed by atoms with Crippen molar-refractivity contribution < 1.29 is 9.84 Å². The molecule has 104 valence electrons. The van der Waals surface area contributed by atoms with E-state index in [0.29, 0.717) is 19.6 Å². The average molecular weight is 268 g/mol. The molecule has 2 aromatic rings. The molecule has 2 heteroatoms. The van der Waals surface area contributed by atoms with E-state index in [4.69, 9.17) is 4.74 Å². The van der Waals surface area contributed by atoms with Gasteiger partial charge in [0.15, 0.2) is 0 Å². The number of aliphatic hydroxyl groups is 1. The van der Waals surface area contributed by atoms with Gasteiger partial charge in [0.05, 0.1) is 19.3 Å². The molecule has 2 nitrogen and oxygen atoms in total. The zero-order valence-electron chi connectivity index (χ0n) is 11.5. The van der Waals surface area contributed by atoms with Gasteiger partial charge >= 0.3 is 0 Å². The van der Waals surface area contributed by atoms with E-state index in [1.54, 1.807) is 0 Å². The lowest BCUT2D eigenvalue weighted by atomic mass is 10.1. The van der Waals surface area contributed by atoms with Crippen LogP contribution in [0.2, 0.25) is 0 Å². The second-order valence-electron chi connectivity index (χ2n) is 4.63. The molecular weight excluding hydrogens is 248 g/mol. The normalized spacial score (nSPS) is 12.7. The molecule has 0 unspecified atom stereocenters. The van der Waals surface area contributed by atoms with Crippen LogP contribution < -0.4 is 0 Å². The van der Waals surface area contributed by atoms with Crippen molar-refractivity contribution in [2.45, 2.75) is 19.1 Å². The molecule has 20 heavy (non-hydrogen) atoms. The first kappa shape index (κ1) is 14.5. The molecule has 0 aliphatic carbocycles. The predicted molar refractivity (Wildman–Crippen MR) is 81.3 cm³/mol. The van der Waals surface area contributed by atoms with Gasteiger partial charge in [0.1, 0.15) is 0 Å². The molecule has 2 rings (SSSR count). The molecule has 0 fully saturated rings. The molecular formula is C18H20O2. The summed E-state index contributed by atoms with van der Waals surface area (Å²) in [6, 6.07) is 19.8. The Morgan fingerprint density at radius 2 is 1.55 bits per heavy atom. The van der Waals surface area contributed by atoms with Gasteiger partial charge in [-0.2, -0.15) is 0 Å². The van der Waals surface area contributed by atoms with Gasteiger partial charge in [0, 0.05) is 0 Å². The van der Waals surface area contributed by atoms with Gasteiger partial charge in [0.2, 0.25) is 0 Å². The molecule has 0 heterocycles. The van der Waals surface area contributed by atoms with Crippen molar-refractivity contribution in [1.82, 2.24) is 0 Å². The van der Waals surface area contributed by atoms with Crippen LogP contribution >= 0.6 is 0 Å². The van der Waals surface area contributed by atoms with E-state index in [0.717, 1.165) is 5.56 Å². The Kier molecular flexibility index (Phi) is 6.03. The Labute approximate surface area is 120 Å². The van der Waals surface area contributed by atoms with E-state index < -0.39 is 6.10 Å². The molecule has 0 bridgehead atoms. The molecule has 2 aromatic carbocycles. The highest BCUT2D eigenvalue weighted by atomic mass is 16.5. The second kappa shape index (κ2) is 8.31. The fourth-order valence-corrected chi connectivity index (χ4v) is 1.92. The Balaban J connectivity index is 1.65. The van der Waals surface area contributed by atoms with E-state index >= 15 is 0 Å². The Hall–Kier alpha value is -1.90. The van der Waals surface area contributed by atoms with E-state index in [9.17, 15) is 5.11 Å². The summed E-state index contributed by atoms with van der Waals surface area (Å²) in [6.07, 6.45) is 4.08. The Morgan fingerprint density at radius 3 is 2.25 bits per heavy atom. The van der Waals surface area contributed by atoms with Gasteiger partial charge in [-0.15, -0.1) is 0 Å². The first-order valence-electron chi connectivity index (χ1n) is 6.86. The van der Waals surface area contributed by atoms with Crippen molar-refractivity contribution in [3.8, 4) is 0 Å². The van der Waals surface area contributed by atoms with Crippen LogP contribution in [0.15, 0.2) is 72.8 Å². The summed E-state index contributed by atoms with van der Waals surface area (Å²) in [7, 11) is 0. The largest absolute Gasteiger partial charge is 0.388 e. The van der Waals surface area contributed by atoms with Crippen LogP contribution in [0.3, 0.4) is 0 Å². The summed E-state index contributed by atoms with van der Waals surface area (Å²) in [5, 5.41) is 9.96. The summed E-state index contributed by atoms with van der Waals surface area (Å²) in [5.74, 6) is 0. The van der Waals surface area contributed by atoms with E-state index in [1.165, 1.54) is 5.56 Å². The molecule has 0 saturated carbocycles. The summed E-state index contributed by atoms with van der Waals surface area (Å²) >= 11 is 0. The van der Waals surface area contributed by atoms with Gasteiger partial charge in [-0.3, -0.25) is 0 Å². The number of ether oxygens (including phenoxy) is 1. The summed E-state index contributed by atoms with van der Waals surface area (Å²) in [6.45, 7) is 1.18. The van der Waals surface area contributed by atoms with Crippen LogP contribution in [-0.4, -0.2) is 11.7 Å². The lowest BCUT2D eigenvalue weighted by molar-refractivity contribution is 0.147. The summed E-state index contributed by atoms with van der Waals surface area (Å²) < 4.78 is 5.54. The average Bonchev–Trinajstić information content (AvgIpc) is 2.52. The predicted octanol–water partition coefficient (Wildman–Crippen LogP) is 3.88. The van der Waals surface area contributed by atoms with Crippen LogP contribution in [0, 0.1) is 0 Å². The zero-order chi connectivity index (χ0) is 14.0. The summed E-state index contributed by atoms with van der Waals surface area (Å²) in [4.78, 5) is 0. The third-order valence-corrected chi connectivity index (χ3v) is 3.04. The van der Waals surface area contributed by atoms with Gasteiger partial charge in [-0.25, -0.2) is 0 Å². The second-order valence-corrected chi connectivity index (χ2v) is 4.63. The molecule has 1 N–H and O–H groups in total. The Morgan fingerprint density at radius 1 is 0.900 bits per heavy atom. The van der Waals surface area contributed by atoms with Crippen molar-refractivity contribution in [1.29, 1.82) is 0 Å².